The van der Waals surface area contributed by atoms with E-state index in [1.807, 2.05) is 6.07 Å². The predicted molar refractivity (Wildman–Crippen MR) is 87.5 cm³/mol. The minimum atomic E-state index is -0.171. The Balaban J connectivity index is 1.50. The monoisotopic (exact) mass is 325 g/mol. The zero-order valence-corrected chi connectivity index (χ0v) is 13.3. The van der Waals surface area contributed by atoms with E-state index in [1.54, 1.807) is 18.2 Å². The molecule has 0 aliphatic heterocycles. The molecule has 3 aromatic rings. The van der Waals surface area contributed by atoms with Gasteiger partial charge in [-0.25, -0.2) is 4.98 Å². The van der Waals surface area contributed by atoms with Gasteiger partial charge in [-0.1, -0.05) is 24.4 Å². The Kier molecular flexibility index (Phi) is 4.02. The second kappa shape index (κ2) is 6.47. The van der Waals surface area contributed by atoms with Gasteiger partial charge in [0, 0.05) is 17.5 Å². The van der Waals surface area contributed by atoms with Crippen molar-refractivity contribution in [1.82, 2.24) is 15.5 Å². The lowest BCUT2D eigenvalue weighted by molar-refractivity contribution is 0.0950. The Hall–Kier alpha value is -2.63. The van der Waals surface area contributed by atoms with Crippen molar-refractivity contribution in [3.63, 3.8) is 0 Å². The van der Waals surface area contributed by atoms with Crippen molar-refractivity contribution in [2.24, 2.45) is 0 Å². The van der Waals surface area contributed by atoms with E-state index < -0.39 is 0 Å². The van der Waals surface area contributed by atoms with Crippen LogP contribution < -0.4 is 5.32 Å². The molecule has 124 valence electrons. The molecule has 4 rings (SSSR count). The number of benzene rings is 1. The van der Waals surface area contributed by atoms with Gasteiger partial charge in [0.1, 0.15) is 17.5 Å². The summed E-state index contributed by atoms with van der Waals surface area (Å²) in [6.07, 6.45) is 7.52. The maximum atomic E-state index is 12.3. The lowest BCUT2D eigenvalue weighted by Gasteiger charge is -2.17. The first-order valence-electron chi connectivity index (χ1n) is 8.37. The van der Waals surface area contributed by atoms with E-state index in [2.05, 4.69) is 15.5 Å². The number of rotatable bonds is 4. The largest absolute Gasteiger partial charge is 0.440 e. The summed E-state index contributed by atoms with van der Waals surface area (Å²) in [5, 5.41) is 6.58. The molecule has 2 aromatic heterocycles. The summed E-state index contributed by atoms with van der Waals surface area (Å²) >= 11 is 0. The molecule has 1 saturated carbocycles. The van der Waals surface area contributed by atoms with E-state index in [0.717, 1.165) is 24.2 Å². The van der Waals surface area contributed by atoms with Crippen LogP contribution in [0.4, 0.5) is 0 Å². The third-order valence-electron chi connectivity index (χ3n) is 4.54. The van der Waals surface area contributed by atoms with Gasteiger partial charge in [0.2, 0.25) is 0 Å². The molecule has 0 unspecified atom stereocenters. The molecular weight excluding hydrogens is 306 g/mol. The van der Waals surface area contributed by atoms with E-state index in [1.165, 1.54) is 25.5 Å². The molecule has 0 radical (unpaired) electrons. The average molecular weight is 325 g/mol. The molecule has 1 amide bonds. The van der Waals surface area contributed by atoms with E-state index in [-0.39, 0.29) is 5.91 Å². The molecule has 24 heavy (non-hydrogen) atoms. The Morgan fingerprint density at radius 3 is 2.88 bits per heavy atom. The zero-order chi connectivity index (χ0) is 16.4. The zero-order valence-electron chi connectivity index (χ0n) is 13.3. The fraction of sp³-hybridized carbons (Fsp3) is 0.389. The number of nitrogens with zero attached hydrogens (tertiary/aromatic N) is 2. The highest BCUT2D eigenvalue weighted by Crippen LogP contribution is 2.33. The van der Waals surface area contributed by atoms with Crippen LogP contribution in [0.15, 0.2) is 39.5 Å². The average Bonchev–Trinajstić information content (AvgIpc) is 3.29. The second-order valence-electron chi connectivity index (χ2n) is 6.24. The topological polar surface area (TPSA) is 81.2 Å². The highest BCUT2D eigenvalue weighted by atomic mass is 16.5. The van der Waals surface area contributed by atoms with E-state index in [0.29, 0.717) is 29.3 Å². The molecule has 6 nitrogen and oxygen atoms in total. The maximum absolute atomic E-state index is 12.3. The SMILES string of the molecule is O=C(NCc1ccon1)c1ccc2nc(C3CCCCC3)oc2c1. The molecule has 1 fully saturated rings. The summed E-state index contributed by atoms with van der Waals surface area (Å²) in [5.74, 6) is 1.05. The maximum Gasteiger partial charge on any atom is 0.251 e. The van der Waals surface area contributed by atoms with Gasteiger partial charge in [0.05, 0.1) is 6.54 Å². The van der Waals surface area contributed by atoms with Crippen LogP contribution >= 0.6 is 0 Å². The van der Waals surface area contributed by atoms with Crippen molar-refractivity contribution in [3.05, 3.63) is 47.7 Å². The number of amides is 1. The van der Waals surface area contributed by atoms with Crippen molar-refractivity contribution in [1.29, 1.82) is 0 Å². The van der Waals surface area contributed by atoms with Crippen LogP contribution in [0.2, 0.25) is 0 Å². The van der Waals surface area contributed by atoms with Gasteiger partial charge in [-0.05, 0) is 31.0 Å². The first kappa shape index (κ1) is 14.9. The lowest BCUT2D eigenvalue weighted by Crippen LogP contribution is -2.22. The number of hydrogen-bond donors (Lipinski definition) is 1. The molecule has 0 bridgehead atoms. The Labute approximate surface area is 139 Å². The van der Waals surface area contributed by atoms with Gasteiger partial charge in [-0.3, -0.25) is 4.79 Å². The standard InChI is InChI=1S/C18H19N3O3/c22-17(19-11-14-8-9-23-21-14)13-6-7-15-16(10-13)24-18(20-15)12-4-2-1-3-5-12/h6-10,12H,1-5,11H2,(H,19,22). The fourth-order valence-corrected chi connectivity index (χ4v) is 3.21. The Morgan fingerprint density at radius 2 is 2.08 bits per heavy atom. The summed E-state index contributed by atoms with van der Waals surface area (Å²) in [5.41, 5.74) is 2.72. The summed E-state index contributed by atoms with van der Waals surface area (Å²) in [4.78, 5) is 16.9. The van der Waals surface area contributed by atoms with Gasteiger partial charge in [-0.2, -0.15) is 0 Å². The van der Waals surface area contributed by atoms with Gasteiger partial charge in [0.25, 0.3) is 5.91 Å². The smallest absolute Gasteiger partial charge is 0.251 e. The predicted octanol–water partition coefficient (Wildman–Crippen LogP) is 3.79. The van der Waals surface area contributed by atoms with E-state index in [9.17, 15) is 4.79 Å². The van der Waals surface area contributed by atoms with Gasteiger partial charge >= 0.3 is 0 Å². The molecule has 1 N–H and O–H groups in total. The quantitative estimate of drug-likeness (QED) is 0.789. The van der Waals surface area contributed by atoms with Gasteiger partial charge < -0.3 is 14.3 Å². The molecule has 1 aliphatic carbocycles. The van der Waals surface area contributed by atoms with Crippen molar-refractivity contribution in [2.45, 2.75) is 44.6 Å². The molecule has 1 aromatic carbocycles. The number of aromatic nitrogens is 2. The molecule has 2 heterocycles. The van der Waals surface area contributed by atoms with Crippen LogP contribution in [-0.4, -0.2) is 16.0 Å². The van der Waals surface area contributed by atoms with Crippen LogP contribution in [0.3, 0.4) is 0 Å². The molecule has 6 heteroatoms. The molecule has 0 saturated heterocycles. The van der Waals surface area contributed by atoms with Gasteiger partial charge in [0.15, 0.2) is 11.5 Å². The molecule has 0 spiro atoms. The third kappa shape index (κ3) is 3.04. The first-order valence-corrected chi connectivity index (χ1v) is 8.37. The van der Waals surface area contributed by atoms with Crippen LogP contribution in [0, 0.1) is 0 Å². The Bertz CT molecular complexity index is 832. The van der Waals surface area contributed by atoms with Crippen LogP contribution in [0.25, 0.3) is 11.1 Å². The van der Waals surface area contributed by atoms with Crippen molar-refractivity contribution in [3.8, 4) is 0 Å². The first-order chi connectivity index (χ1) is 11.8. The Morgan fingerprint density at radius 1 is 1.21 bits per heavy atom. The number of oxazole rings is 1. The number of fused-ring (bicyclic) bond motifs is 1. The summed E-state index contributed by atoms with van der Waals surface area (Å²) in [6, 6.07) is 7.09. The molecule has 0 atom stereocenters. The number of carbonyl (C=O) groups excluding carboxylic acids is 1. The molecular formula is C18H19N3O3. The van der Waals surface area contributed by atoms with Crippen LogP contribution in [0.1, 0.15) is 60.0 Å². The van der Waals surface area contributed by atoms with Crippen LogP contribution in [0.5, 0.6) is 0 Å². The highest BCUT2D eigenvalue weighted by molar-refractivity contribution is 5.96. The van der Waals surface area contributed by atoms with Crippen molar-refractivity contribution < 1.29 is 13.7 Å². The van der Waals surface area contributed by atoms with E-state index >= 15 is 0 Å². The number of nitrogens with one attached hydrogen (secondary N) is 1. The normalized spacial score (nSPS) is 15.7. The second-order valence-corrected chi connectivity index (χ2v) is 6.24. The summed E-state index contributed by atoms with van der Waals surface area (Å²) < 4.78 is 10.7. The molecule has 1 aliphatic rings. The van der Waals surface area contributed by atoms with E-state index in [4.69, 9.17) is 8.94 Å². The number of hydrogen-bond acceptors (Lipinski definition) is 5. The highest BCUT2D eigenvalue weighted by Gasteiger charge is 2.21. The number of carbonyl (C=O) groups is 1. The minimum absolute atomic E-state index is 0.171. The third-order valence-corrected chi connectivity index (χ3v) is 4.54. The van der Waals surface area contributed by atoms with Gasteiger partial charge in [-0.15, -0.1) is 0 Å². The van der Waals surface area contributed by atoms with Crippen molar-refractivity contribution >= 4 is 17.0 Å². The summed E-state index contributed by atoms with van der Waals surface area (Å²) in [7, 11) is 0. The summed E-state index contributed by atoms with van der Waals surface area (Å²) in [6.45, 7) is 0.330. The fourth-order valence-electron chi connectivity index (χ4n) is 3.21. The van der Waals surface area contributed by atoms with Crippen LogP contribution in [-0.2, 0) is 6.54 Å². The lowest BCUT2D eigenvalue weighted by atomic mass is 9.89. The minimum Gasteiger partial charge on any atom is -0.440 e. The van der Waals surface area contributed by atoms with Crippen molar-refractivity contribution in [2.75, 3.05) is 0 Å².